The lowest BCUT2D eigenvalue weighted by Crippen LogP contribution is -2.07. The molecule has 2 heterocycles. The molecule has 4 N–H and O–H groups in total. The van der Waals surface area contributed by atoms with Crippen molar-refractivity contribution in [2.45, 2.75) is 0 Å². The van der Waals surface area contributed by atoms with Crippen molar-refractivity contribution in [1.29, 1.82) is 0 Å². The Bertz CT molecular complexity index is 827. The Labute approximate surface area is 112 Å². The van der Waals surface area contributed by atoms with E-state index in [1.165, 1.54) is 12.1 Å². The first kappa shape index (κ1) is 11.9. The number of phenolic OH excluding ortho intramolecular Hbond substituents is 1. The largest absolute Gasteiger partial charge is 0.508 e. The molecule has 0 aliphatic heterocycles. The molecule has 0 amide bonds. The van der Waals surface area contributed by atoms with Gasteiger partial charge in [0.1, 0.15) is 11.3 Å². The molecule has 3 rings (SSSR count). The van der Waals surface area contributed by atoms with E-state index in [0.717, 1.165) is 10.7 Å². The highest BCUT2D eigenvalue weighted by atomic mass is 16.4. The predicted octanol–water partition coefficient (Wildman–Crippen LogP) is 0.777. The van der Waals surface area contributed by atoms with Gasteiger partial charge in [-0.2, -0.15) is 4.52 Å². The minimum absolute atomic E-state index is 0.0314. The van der Waals surface area contributed by atoms with Crippen LogP contribution < -0.4 is 5.73 Å². The van der Waals surface area contributed by atoms with Gasteiger partial charge in [-0.05, 0) is 12.1 Å². The van der Waals surface area contributed by atoms with Crippen molar-refractivity contribution in [2.75, 3.05) is 5.73 Å². The number of rotatable bonds is 2. The molecule has 20 heavy (non-hydrogen) atoms. The molecule has 2 aromatic heterocycles. The van der Waals surface area contributed by atoms with Crippen LogP contribution in [0.25, 0.3) is 17.0 Å². The van der Waals surface area contributed by atoms with Crippen LogP contribution in [0.2, 0.25) is 0 Å². The van der Waals surface area contributed by atoms with Gasteiger partial charge in [0.2, 0.25) is 5.95 Å². The number of nitrogen functional groups attached to an aromatic ring is 1. The lowest BCUT2D eigenvalue weighted by molar-refractivity contribution is 0.0698. The lowest BCUT2D eigenvalue weighted by Gasteiger charge is -1.98. The highest BCUT2D eigenvalue weighted by Crippen LogP contribution is 2.22. The molecule has 8 nitrogen and oxygen atoms in total. The monoisotopic (exact) mass is 271 g/mol. The van der Waals surface area contributed by atoms with Crippen LogP contribution in [0, 0.1) is 0 Å². The number of hydrogen-bond donors (Lipinski definition) is 3. The maximum atomic E-state index is 11.1. The number of anilines is 1. The van der Waals surface area contributed by atoms with Gasteiger partial charge in [-0.3, -0.25) is 0 Å². The Morgan fingerprint density at radius 2 is 2.15 bits per heavy atom. The van der Waals surface area contributed by atoms with Crippen LogP contribution in [0.5, 0.6) is 5.75 Å². The number of fused-ring (bicyclic) bond motifs is 1. The number of benzene rings is 1. The zero-order valence-electron chi connectivity index (χ0n) is 10.1. The summed E-state index contributed by atoms with van der Waals surface area (Å²) in [5, 5.41) is 22.7. The first-order chi connectivity index (χ1) is 9.56. The third-order valence-corrected chi connectivity index (χ3v) is 2.73. The highest BCUT2D eigenvalue weighted by molar-refractivity contribution is 5.94. The van der Waals surface area contributed by atoms with Crippen LogP contribution in [-0.2, 0) is 0 Å². The van der Waals surface area contributed by atoms with Crippen molar-refractivity contribution in [3.8, 4) is 17.1 Å². The molecule has 1 aromatic carbocycles. The number of aromatic nitrogens is 4. The second kappa shape index (κ2) is 4.19. The van der Waals surface area contributed by atoms with Gasteiger partial charge in [0, 0.05) is 11.8 Å². The van der Waals surface area contributed by atoms with E-state index < -0.39 is 5.97 Å². The third kappa shape index (κ3) is 1.79. The van der Waals surface area contributed by atoms with Crippen molar-refractivity contribution in [1.82, 2.24) is 19.6 Å². The predicted molar refractivity (Wildman–Crippen MR) is 69.3 cm³/mol. The van der Waals surface area contributed by atoms with E-state index in [-0.39, 0.29) is 28.7 Å². The molecule has 100 valence electrons. The number of nitrogens with zero attached hydrogens (tertiary/aromatic N) is 4. The maximum absolute atomic E-state index is 11.1. The van der Waals surface area contributed by atoms with E-state index in [4.69, 9.17) is 10.8 Å². The number of carbonyl (C=O) groups is 1. The topological polar surface area (TPSA) is 127 Å². The van der Waals surface area contributed by atoms with Crippen LogP contribution in [0.1, 0.15) is 10.4 Å². The summed E-state index contributed by atoms with van der Waals surface area (Å²) in [7, 11) is 0. The average Bonchev–Trinajstić information content (AvgIpc) is 2.84. The Morgan fingerprint density at radius 1 is 1.35 bits per heavy atom. The van der Waals surface area contributed by atoms with Crippen LogP contribution in [0.3, 0.4) is 0 Å². The summed E-state index contributed by atoms with van der Waals surface area (Å²) in [4.78, 5) is 19.0. The molecular weight excluding hydrogens is 262 g/mol. The summed E-state index contributed by atoms with van der Waals surface area (Å²) in [5.74, 6) is -0.824. The molecule has 0 aliphatic rings. The number of aromatic hydroxyl groups is 1. The molecule has 0 fully saturated rings. The minimum atomic E-state index is -1.17. The molecule has 0 bridgehead atoms. The third-order valence-electron chi connectivity index (χ3n) is 2.73. The molecule has 3 aromatic rings. The maximum Gasteiger partial charge on any atom is 0.341 e. The summed E-state index contributed by atoms with van der Waals surface area (Å²) in [6.45, 7) is 0. The van der Waals surface area contributed by atoms with Gasteiger partial charge in [0.15, 0.2) is 11.5 Å². The van der Waals surface area contributed by atoms with E-state index in [2.05, 4.69) is 15.1 Å². The number of carboxylic acids is 1. The second-order valence-electron chi connectivity index (χ2n) is 4.06. The van der Waals surface area contributed by atoms with Gasteiger partial charge in [-0.15, -0.1) is 5.10 Å². The number of aromatic carboxylic acids is 1. The highest BCUT2D eigenvalue weighted by Gasteiger charge is 2.17. The summed E-state index contributed by atoms with van der Waals surface area (Å²) in [6.07, 6.45) is 1.13. The van der Waals surface area contributed by atoms with E-state index in [9.17, 15) is 9.90 Å². The lowest BCUT2D eigenvalue weighted by atomic mass is 10.2. The fourth-order valence-electron chi connectivity index (χ4n) is 1.81. The van der Waals surface area contributed by atoms with Gasteiger partial charge < -0.3 is 15.9 Å². The molecule has 0 aliphatic carbocycles. The Balaban J connectivity index is 2.27. The van der Waals surface area contributed by atoms with Crippen LogP contribution >= 0.6 is 0 Å². The first-order valence-electron chi connectivity index (χ1n) is 5.60. The number of carboxylic acid groups (broad SMARTS) is 1. The normalized spacial score (nSPS) is 10.8. The fourth-order valence-corrected chi connectivity index (χ4v) is 1.81. The van der Waals surface area contributed by atoms with Crippen molar-refractivity contribution in [3.05, 3.63) is 36.0 Å². The van der Waals surface area contributed by atoms with Crippen LogP contribution in [0.15, 0.2) is 30.5 Å². The summed E-state index contributed by atoms with van der Waals surface area (Å²) < 4.78 is 1.16. The summed E-state index contributed by atoms with van der Waals surface area (Å²) in [5.41, 5.74) is 6.20. The second-order valence-corrected chi connectivity index (χ2v) is 4.06. The SMILES string of the molecule is Nc1ncc(C(=O)O)c2nc(-c3cccc(O)c3)nn12. The first-order valence-corrected chi connectivity index (χ1v) is 5.60. The molecule has 0 atom stereocenters. The standard InChI is InChI=1S/C12H9N5O3/c13-12-14-5-8(11(19)20)10-15-9(16-17(10)12)6-2-1-3-7(18)4-6/h1-5,18H,(H2,13,14)(H,19,20). The van der Waals surface area contributed by atoms with E-state index in [1.807, 2.05) is 0 Å². The number of nitrogens with two attached hydrogens (primary N) is 1. The van der Waals surface area contributed by atoms with Crippen molar-refractivity contribution in [2.24, 2.45) is 0 Å². The quantitative estimate of drug-likeness (QED) is 0.628. The van der Waals surface area contributed by atoms with Crippen molar-refractivity contribution >= 4 is 17.6 Å². The zero-order valence-corrected chi connectivity index (χ0v) is 10.1. The smallest absolute Gasteiger partial charge is 0.341 e. The molecule has 0 unspecified atom stereocenters. The van der Waals surface area contributed by atoms with E-state index in [1.54, 1.807) is 12.1 Å². The molecule has 0 radical (unpaired) electrons. The fraction of sp³-hybridized carbons (Fsp3) is 0. The number of hydrogen-bond acceptors (Lipinski definition) is 6. The Morgan fingerprint density at radius 3 is 2.85 bits per heavy atom. The van der Waals surface area contributed by atoms with E-state index >= 15 is 0 Å². The zero-order chi connectivity index (χ0) is 14.3. The molecule has 0 saturated heterocycles. The Kier molecular flexibility index (Phi) is 2.50. The van der Waals surface area contributed by atoms with Crippen LogP contribution in [-0.4, -0.2) is 35.8 Å². The number of phenols is 1. The summed E-state index contributed by atoms with van der Waals surface area (Å²) >= 11 is 0. The van der Waals surface area contributed by atoms with Gasteiger partial charge in [-0.1, -0.05) is 12.1 Å². The van der Waals surface area contributed by atoms with Gasteiger partial charge in [0.25, 0.3) is 0 Å². The van der Waals surface area contributed by atoms with Gasteiger partial charge in [0.05, 0.1) is 0 Å². The average molecular weight is 271 g/mol. The van der Waals surface area contributed by atoms with E-state index in [0.29, 0.717) is 5.56 Å². The Hall–Kier alpha value is -3.16. The van der Waals surface area contributed by atoms with Gasteiger partial charge in [-0.25, -0.2) is 14.8 Å². The minimum Gasteiger partial charge on any atom is -0.508 e. The molecular formula is C12H9N5O3. The molecule has 8 heteroatoms. The van der Waals surface area contributed by atoms with Crippen LogP contribution in [0.4, 0.5) is 5.95 Å². The van der Waals surface area contributed by atoms with Gasteiger partial charge >= 0.3 is 5.97 Å². The molecule has 0 saturated carbocycles. The summed E-state index contributed by atoms with van der Waals surface area (Å²) in [6, 6.07) is 6.31. The van der Waals surface area contributed by atoms with Crippen molar-refractivity contribution in [3.63, 3.8) is 0 Å². The molecule has 0 spiro atoms. The van der Waals surface area contributed by atoms with Crippen molar-refractivity contribution < 1.29 is 15.0 Å².